The molecule has 0 N–H and O–H groups in total. The lowest BCUT2D eigenvalue weighted by Gasteiger charge is -2.44. The summed E-state index contributed by atoms with van der Waals surface area (Å²) in [4.78, 5) is 15.6. The van der Waals surface area contributed by atoms with Crippen molar-refractivity contribution in [3.8, 4) is 34.6 Å². The van der Waals surface area contributed by atoms with Crippen molar-refractivity contribution in [2.75, 3.05) is 41.5 Å². The van der Waals surface area contributed by atoms with Gasteiger partial charge in [0, 0.05) is 38.7 Å². The lowest BCUT2D eigenvalue weighted by Crippen LogP contribution is -2.56. The zero-order valence-corrected chi connectivity index (χ0v) is 25.8. The quantitative estimate of drug-likeness (QED) is 0.233. The van der Waals surface area contributed by atoms with Crippen LogP contribution in [0.3, 0.4) is 0 Å². The van der Waals surface area contributed by atoms with Crippen LogP contribution in [0, 0.1) is 6.92 Å². The van der Waals surface area contributed by atoms with Gasteiger partial charge in [0.15, 0.2) is 21.5 Å². The van der Waals surface area contributed by atoms with E-state index in [9.17, 15) is 8.42 Å². The van der Waals surface area contributed by atoms with Crippen molar-refractivity contribution in [2.45, 2.75) is 37.0 Å². The molecule has 0 amide bonds. The number of pyridine rings is 1. The van der Waals surface area contributed by atoms with Crippen molar-refractivity contribution in [1.29, 1.82) is 0 Å². The summed E-state index contributed by atoms with van der Waals surface area (Å²) >= 11 is 0. The molecule has 1 aliphatic rings. The molecule has 43 heavy (non-hydrogen) atoms. The first-order chi connectivity index (χ1) is 20.7. The fourth-order valence-electron chi connectivity index (χ4n) is 5.10. The van der Waals surface area contributed by atoms with Gasteiger partial charge in [-0.25, -0.2) is 23.4 Å². The molecule has 1 fully saturated rings. The van der Waals surface area contributed by atoms with Gasteiger partial charge in [-0.15, -0.1) is 10.2 Å². The number of hydrogen-bond acceptors (Lipinski definition) is 12. The molecule has 1 aromatic carbocycles. The Labute approximate surface area is 250 Å². The van der Waals surface area contributed by atoms with Crippen LogP contribution in [0.2, 0.25) is 0 Å². The van der Waals surface area contributed by atoms with Crippen molar-refractivity contribution in [1.82, 2.24) is 34.6 Å². The maximum absolute atomic E-state index is 14.2. The summed E-state index contributed by atoms with van der Waals surface area (Å²) in [7, 11) is 2.33. The van der Waals surface area contributed by atoms with Gasteiger partial charge in [0.1, 0.15) is 34.5 Å². The van der Waals surface area contributed by atoms with Gasteiger partial charge in [-0.3, -0.25) is 9.47 Å². The van der Waals surface area contributed by atoms with Crippen molar-refractivity contribution < 1.29 is 27.4 Å². The van der Waals surface area contributed by atoms with Crippen LogP contribution in [-0.2, 0) is 20.3 Å². The molecule has 0 radical (unpaired) electrons. The third kappa shape index (κ3) is 6.03. The highest BCUT2D eigenvalue weighted by molar-refractivity contribution is 7.91. The molecule has 0 saturated carbocycles. The van der Waals surface area contributed by atoms with Gasteiger partial charge < -0.3 is 18.9 Å². The van der Waals surface area contributed by atoms with E-state index in [0.29, 0.717) is 53.5 Å². The number of benzene rings is 1. The molecule has 5 rings (SSSR count). The van der Waals surface area contributed by atoms with Gasteiger partial charge in [-0.1, -0.05) is 12.1 Å². The highest BCUT2D eigenvalue weighted by Gasteiger charge is 2.43. The number of likely N-dealkylation sites (tertiary alicyclic amines) is 1. The molecule has 0 bridgehead atoms. The van der Waals surface area contributed by atoms with E-state index in [1.54, 1.807) is 67.4 Å². The molecule has 0 spiro atoms. The third-order valence-corrected chi connectivity index (χ3v) is 9.58. The minimum atomic E-state index is -3.88. The van der Waals surface area contributed by atoms with Gasteiger partial charge in [0.2, 0.25) is 5.88 Å². The Bertz CT molecular complexity index is 1650. The predicted molar refractivity (Wildman–Crippen MR) is 158 cm³/mol. The minimum absolute atomic E-state index is 0.0156. The zero-order valence-electron chi connectivity index (χ0n) is 25.0. The smallest absolute Gasteiger partial charge is 0.213 e. The number of para-hydroxylation sites is 1. The first-order valence-electron chi connectivity index (χ1n) is 13.6. The number of ether oxygens (including phenoxy) is 4. The van der Waals surface area contributed by atoms with E-state index in [1.165, 1.54) is 21.3 Å². The summed E-state index contributed by atoms with van der Waals surface area (Å²) < 4.78 is 52.2. The standard InChI is InChI=1S/C29H35N7O6S/c1-18-13-30-28(31-14-18)26(35-15-20(16-35)39-3)19(2)43(37,38)17-24-33-34-29(21-9-7-12-25(32-21)42-6)36(24)27-22(40-4)10-8-11-23(27)41-5/h7-14,19-20,26H,15-17H2,1-6H3/t19-,26-/m1/s1. The Morgan fingerprint density at radius 2 is 1.58 bits per heavy atom. The fourth-order valence-corrected chi connectivity index (χ4v) is 6.59. The molecule has 0 unspecified atom stereocenters. The van der Waals surface area contributed by atoms with E-state index in [0.717, 1.165) is 5.56 Å². The lowest BCUT2D eigenvalue weighted by atomic mass is 10.0. The molecule has 4 heterocycles. The molecular formula is C29H35N7O6S. The summed E-state index contributed by atoms with van der Waals surface area (Å²) in [6.07, 6.45) is 3.41. The second-order valence-electron chi connectivity index (χ2n) is 10.2. The highest BCUT2D eigenvalue weighted by atomic mass is 32.2. The van der Waals surface area contributed by atoms with Gasteiger partial charge in [0.05, 0.1) is 38.7 Å². The Kier molecular flexibility index (Phi) is 8.89. The van der Waals surface area contributed by atoms with Crippen LogP contribution in [0.4, 0.5) is 0 Å². The third-order valence-electron chi connectivity index (χ3n) is 7.53. The van der Waals surface area contributed by atoms with Crippen molar-refractivity contribution in [3.63, 3.8) is 0 Å². The molecule has 0 aliphatic carbocycles. The van der Waals surface area contributed by atoms with Crippen LogP contribution in [0.5, 0.6) is 17.4 Å². The van der Waals surface area contributed by atoms with Gasteiger partial charge >= 0.3 is 0 Å². The van der Waals surface area contributed by atoms with Crippen LogP contribution in [0.1, 0.15) is 30.2 Å². The van der Waals surface area contributed by atoms with Crippen molar-refractivity contribution >= 4 is 9.84 Å². The molecule has 1 saturated heterocycles. The number of hydrogen-bond donors (Lipinski definition) is 0. The topological polar surface area (TPSA) is 144 Å². The molecule has 228 valence electrons. The number of aryl methyl sites for hydroxylation is 1. The van der Waals surface area contributed by atoms with Gasteiger partial charge in [-0.05, 0) is 37.6 Å². The Morgan fingerprint density at radius 1 is 0.930 bits per heavy atom. The normalized spacial score (nSPS) is 15.5. The van der Waals surface area contributed by atoms with E-state index in [2.05, 4.69) is 25.1 Å². The van der Waals surface area contributed by atoms with E-state index >= 15 is 0 Å². The number of sulfone groups is 1. The monoisotopic (exact) mass is 609 g/mol. The van der Waals surface area contributed by atoms with Crippen LogP contribution >= 0.6 is 0 Å². The summed E-state index contributed by atoms with van der Waals surface area (Å²) in [6.45, 7) is 4.70. The van der Waals surface area contributed by atoms with Gasteiger partial charge in [-0.2, -0.15) is 0 Å². The number of methoxy groups -OCH3 is 4. The number of rotatable bonds is 12. The van der Waals surface area contributed by atoms with E-state index < -0.39 is 26.9 Å². The largest absolute Gasteiger partial charge is 0.494 e. The van der Waals surface area contributed by atoms with E-state index in [4.69, 9.17) is 18.9 Å². The minimum Gasteiger partial charge on any atom is -0.494 e. The molecule has 4 aromatic rings. The van der Waals surface area contributed by atoms with Crippen molar-refractivity contribution in [2.24, 2.45) is 0 Å². The average Bonchev–Trinajstić information content (AvgIpc) is 3.40. The first-order valence-corrected chi connectivity index (χ1v) is 15.4. The second-order valence-corrected chi connectivity index (χ2v) is 12.6. The summed E-state index contributed by atoms with van der Waals surface area (Å²) in [5.74, 6) is 1.70. The molecular weight excluding hydrogens is 574 g/mol. The van der Waals surface area contributed by atoms with Crippen LogP contribution in [0.25, 0.3) is 17.2 Å². The number of aromatic nitrogens is 6. The lowest BCUT2D eigenvalue weighted by molar-refractivity contribution is -0.0531. The molecule has 3 aromatic heterocycles. The zero-order chi connectivity index (χ0) is 30.7. The highest BCUT2D eigenvalue weighted by Crippen LogP contribution is 2.38. The maximum atomic E-state index is 14.2. The first kappa shape index (κ1) is 30.3. The SMILES string of the molecule is COc1cccc(-c2nnc(CS(=O)(=O)[C@H](C)[C@H](c3ncc(C)cn3)N3CC(OC)C3)n2-c2c(OC)cccc2OC)n1. The fraction of sp³-hybridized carbons (Fsp3) is 0.414. The van der Waals surface area contributed by atoms with Gasteiger partial charge in [0.25, 0.3) is 0 Å². The maximum Gasteiger partial charge on any atom is 0.213 e. The number of nitrogens with zero attached hydrogens (tertiary/aromatic N) is 7. The second kappa shape index (κ2) is 12.6. The molecule has 14 heteroatoms. The predicted octanol–water partition coefficient (Wildman–Crippen LogP) is 2.83. The van der Waals surface area contributed by atoms with E-state index in [-0.39, 0.29) is 11.9 Å². The van der Waals surface area contributed by atoms with Crippen molar-refractivity contribution in [3.05, 3.63) is 66.0 Å². The van der Waals surface area contributed by atoms with Crippen LogP contribution in [-0.4, -0.2) is 95.9 Å². The average molecular weight is 610 g/mol. The Balaban J connectivity index is 1.60. The van der Waals surface area contributed by atoms with Crippen LogP contribution in [0.15, 0.2) is 48.8 Å². The molecule has 2 atom stereocenters. The summed E-state index contributed by atoms with van der Waals surface area (Å²) in [5, 5.41) is 7.87. The van der Waals surface area contributed by atoms with E-state index in [1.807, 2.05) is 11.8 Å². The Hall–Kier alpha value is -4.14. The summed E-state index contributed by atoms with van der Waals surface area (Å²) in [5.41, 5.74) is 1.75. The molecule has 13 nitrogen and oxygen atoms in total. The van der Waals surface area contributed by atoms with Crippen LogP contribution < -0.4 is 14.2 Å². The summed E-state index contributed by atoms with van der Waals surface area (Å²) in [6, 6.07) is 9.91. The Morgan fingerprint density at radius 3 is 2.19 bits per heavy atom. The molecule has 1 aliphatic heterocycles.